The number of fused-ring (bicyclic) bond motifs is 1. The van der Waals surface area contributed by atoms with Crippen molar-refractivity contribution in [2.75, 3.05) is 6.61 Å². The zero-order chi connectivity index (χ0) is 36.9. The Kier molecular flexibility index (Phi) is 10.9. The number of phenolic OH excluding ortho intramolecular Hbond substituents is 1. The average Bonchev–Trinajstić information content (AvgIpc) is 3.11. The van der Waals surface area contributed by atoms with E-state index in [0.29, 0.717) is 0 Å². The summed E-state index contributed by atoms with van der Waals surface area (Å²) in [4.78, 5) is 14.1. The fourth-order valence-corrected chi connectivity index (χ4v) is 6.08. The molecule has 15 atom stereocenters. The summed E-state index contributed by atoms with van der Waals surface area (Å²) >= 11 is 0. The van der Waals surface area contributed by atoms with Gasteiger partial charge in [0.25, 0.3) is 0 Å². The summed E-state index contributed by atoms with van der Waals surface area (Å²) in [7, 11) is 0. The molecule has 3 saturated heterocycles. The van der Waals surface area contributed by atoms with Crippen molar-refractivity contribution < 1.29 is 83.9 Å². The van der Waals surface area contributed by atoms with Crippen LogP contribution in [0.2, 0.25) is 0 Å². The fourth-order valence-electron chi connectivity index (χ4n) is 6.08. The number of hydrogen-bond donors (Lipinski definition) is 10. The first-order valence-corrected chi connectivity index (χ1v) is 16.1. The van der Waals surface area contributed by atoms with Gasteiger partial charge in [-0.1, -0.05) is 0 Å². The minimum atomic E-state index is -1.87. The second kappa shape index (κ2) is 14.9. The summed E-state index contributed by atoms with van der Waals surface area (Å²) in [5.74, 6) is -0.815. The smallest absolute Gasteiger partial charge is 0.235 e. The van der Waals surface area contributed by atoms with E-state index in [2.05, 4.69) is 0 Å². The molecule has 0 bridgehead atoms. The molecule has 0 amide bonds. The zero-order valence-corrected chi connectivity index (χ0v) is 27.1. The maximum atomic E-state index is 14.1. The summed E-state index contributed by atoms with van der Waals surface area (Å²) in [6.45, 7) is 2.07. The molecule has 6 rings (SSSR count). The minimum absolute atomic E-state index is 0.0374. The first-order chi connectivity index (χ1) is 24.2. The van der Waals surface area contributed by atoms with Crippen molar-refractivity contribution in [2.24, 2.45) is 0 Å². The molecule has 2 aromatic carbocycles. The molecule has 10 N–H and O–H groups in total. The van der Waals surface area contributed by atoms with Gasteiger partial charge in [-0.15, -0.1) is 0 Å². The van der Waals surface area contributed by atoms with E-state index >= 15 is 0 Å². The molecule has 3 fully saturated rings. The summed E-state index contributed by atoms with van der Waals surface area (Å²) in [5, 5.41) is 103. The first-order valence-electron chi connectivity index (χ1n) is 16.1. The largest absolute Gasteiger partial charge is 0.508 e. The highest BCUT2D eigenvalue weighted by molar-refractivity contribution is 5.83. The lowest BCUT2D eigenvalue weighted by molar-refractivity contribution is -0.354. The third-order valence-electron chi connectivity index (χ3n) is 9.17. The van der Waals surface area contributed by atoms with Gasteiger partial charge in [0.2, 0.25) is 23.8 Å². The number of benzene rings is 2. The molecule has 0 aliphatic carbocycles. The van der Waals surface area contributed by atoms with Crippen molar-refractivity contribution in [3.8, 4) is 28.6 Å². The quantitative estimate of drug-likeness (QED) is 0.114. The van der Waals surface area contributed by atoms with Crippen LogP contribution in [-0.2, 0) is 18.9 Å². The Morgan fingerprint density at radius 1 is 0.667 bits per heavy atom. The molecule has 3 aliphatic rings. The summed E-state index contributed by atoms with van der Waals surface area (Å²) < 4.78 is 40.4. The van der Waals surface area contributed by atoms with Crippen LogP contribution in [0.5, 0.6) is 17.2 Å². The standard InChI is InChI=1S/C33H40O18/c1-11-19(36)23(40)26(43)31(45-11)47-15-7-8-16-17(9-15)48-28(13-3-5-14(35)6-4-13)29(21(16)38)50-33-30(25(42)22(39)18(10-34)49-33)51-32-27(44)24(41)20(37)12(2)46-32/h3-9,11-12,18-20,22-27,30-37,39-44H,10H2,1-2H3/t11-,12-,18+,19-,20-,22-,23+,24+,25-,26+,27+,30+,31-,32-,33-/m0/s1. The Labute approximate surface area is 288 Å². The summed E-state index contributed by atoms with van der Waals surface area (Å²) in [5.41, 5.74) is -0.653. The molecular weight excluding hydrogens is 684 g/mol. The van der Waals surface area contributed by atoms with E-state index in [9.17, 15) is 55.9 Å². The SMILES string of the molecule is C[C@@H]1O[C@@H](Oc2ccc3c(=O)c(O[C@@H]4O[C@H](CO)[C@H](O)[C@H](O)[C@H]4O[C@@H]4O[C@@H](C)[C@H](O)[C@@H](O)[C@H]4O)c(-c4ccc(O)cc4)oc3c2)[C@H](O)[C@H](O)[C@H]1O. The predicted octanol–water partition coefficient (Wildman–Crippen LogP) is -2.60. The van der Waals surface area contributed by atoms with Gasteiger partial charge in [-0.3, -0.25) is 4.79 Å². The fraction of sp³-hybridized carbons (Fsp3) is 0.545. The highest BCUT2D eigenvalue weighted by Gasteiger charge is 2.51. The lowest BCUT2D eigenvalue weighted by Crippen LogP contribution is -2.64. The Balaban J connectivity index is 1.38. The number of phenols is 1. The van der Waals surface area contributed by atoms with Crippen LogP contribution in [0, 0.1) is 0 Å². The lowest BCUT2D eigenvalue weighted by atomic mass is 9.97. The van der Waals surface area contributed by atoms with Gasteiger partial charge >= 0.3 is 0 Å². The van der Waals surface area contributed by atoms with Crippen molar-refractivity contribution in [3.63, 3.8) is 0 Å². The van der Waals surface area contributed by atoms with E-state index in [1.807, 2.05) is 0 Å². The van der Waals surface area contributed by atoms with E-state index in [0.717, 1.165) is 0 Å². The van der Waals surface area contributed by atoms with Gasteiger partial charge in [0.1, 0.15) is 72.0 Å². The van der Waals surface area contributed by atoms with Gasteiger partial charge in [0.05, 0.1) is 24.2 Å². The first kappa shape index (κ1) is 37.3. The predicted molar refractivity (Wildman–Crippen MR) is 168 cm³/mol. The number of aliphatic hydroxyl groups is 9. The molecule has 18 heteroatoms. The number of aliphatic hydroxyl groups excluding tert-OH is 9. The van der Waals surface area contributed by atoms with Crippen molar-refractivity contribution >= 4 is 11.0 Å². The summed E-state index contributed by atoms with van der Waals surface area (Å²) in [6.07, 6.45) is -23.2. The van der Waals surface area contributed by atoms with E-state index in [1.165, 1.54) is 56.3 Å². The summed E-state index contributed by atoms with van der Waals surface area (Å²) in [6, 6.07) is 9.36. The molecular formula is C33H40O18. The Morgan fingerprint density at radius 2 is 1.27 bits per heavy atom. The average molecular weight is 725 g/mol. The van der Waals surface area contributed by atoms with Gasteiger partial charge in [0, 0.05) is 11.6 Å². The number of hydrogen-bond acceptors (Lipinski definition) is 18. The second-order valence-corrected chi connectivity index (χ2v) is 12.7. The van der Waals surface area contributed by atoms with Gasteiger partial charge in [0.15, 0.2) is 18.2 Å². The van der Waals surface area contributed by atoms with E-state index in [1.54, 1.807) is 0 Å². The molecule has 1 aromatic heterocycles. The molecule has 0 spiro atoms. The monoisotopic (exact) mass is 724 g/mol. The van der Waals surface area contributed by atoms with Crippen molar-refractivity contribution in [2.45, 2.75) is 106 Å². The molecule has 3 aromatic rings. The molecule has 3 aliphatic heterocycles. The third kappa shape index (κ3) is 7.16. The van der Waals surface area contributed by atoms with Gasteiger partial charge in [-0.25, -0.2) is 0 Å². The normalized spacial score (nSPS) is 38.8. The minimum Gasteiger partial charge on any atom is -0.508 e. The van der Waals surface area contributed by atoms with Crippen molar-refractivity contribution in [3.05, 3.63) is 52.7 Å². The van der Waals surface area contributed by atoms with Crippen molar-refractivity contribution in [1.29, 1.82) is 0 Å². The van der Waals surface area contributed by atoms with E-state index < -0.39 is 110 Å². The number of rotatable bonds is 8. The lowest BCUT2D eigenvalue weighted by Gasteiger charge is -2.45. The van der Waals surface area contributed by atoms with Crippen LogP contribution in [0.25, 0.3) is 22.3 Å². The number of aromatic hydroxyl groups is 1. The highest BCUT2D eigenvalue weighted by Crippen LogP contribution is 2.37. The molecule has 18 nitrogen and oxygen atoms in total. The molecule has 0 saturated carbocycles. The van der Waals surface area contributed by atoms with Crippen LogP contribution in [0.3, 0.4) is 0 Å². The van der Waals surface area contributed by atoms with Crippen LogP contribution < -0.4 is 14.9 Å². The Morgan fingerprint density at radius 3 is 1.90 bits per heavy atom. The second-order valence-electron chi connectivity index (χ2n) is 12.7. The van der Waals surface area contributed by atoms with E-state index in [4.69, 9.17) is 32.8 Å². The van der Waals surface area contributed by atoms with Crippen LogP contribution in [0.1, 0.15) is 13.8 Å². The van der Waals surface area contributed by atoms with Gasteiger partial charge in [-0.05, 0) is 50.2 Å². The molecule has 0 unspecified atom stereocenters. The van der Waals surface area contributed by atoms with Crippen LogP contribution in [0.15, 0.2) is 51.7 Å². The Hall–Kier alpha value is -3.47. The zero-order valence-electron chi connectivity index (χ0n) is 27.1. The molecule has 51 heavy (non-hydrogen) atoms. The van der Waals surface area contributed by atoms with Crippen LogP contribution in [-0.4, -0.2) is 150 Å². The van der Waals surface area contributed by atoms with Crippen LogP contribution >= 0.6 is 0 Å². The molecule has 0 radical (unpaired) electrons. The highest BCUT2D eigenvalue weighted by atomic mass is 16.8. The van der Waals surface area contributed by atoms with Gasteiger partial charge < -0.3 is 83.9 Å². The maximum Gasteiger partial charge on any atom is 0.235 e. The Bertz CT molecular complexity index is 1720. The van der Waals surface area contributed by atoms with Gasteiger partial charge in [-0.2, -0.15) is 0 Å². The van der Waals surface area contributed by atoms with Crippen LogP contribution in [0.4, 0.5) is 0 Å². The molecule has 4 heterocycles. The maximum absolute atomic E-state index is 14.1. The molecule has 280 valence electrons. The number of ether oxygens (including phenoxy) is 6. The third-order valence-corrected chi connectivity index (χ3v) is 9.17. The topological polar surface area (TPSA) is 288 Å². The van der Waals surface area contributed by atoms with E-state index in [-0.39, 0.29) is 33.8 Å². The van der Waals surface area contributed by atoms with Crippen molar-refractivity contribution in [1.82, 2.24) is 0 Å².